The minimum Gasteiger partial charge on any atom is -0.494 e. The number of hydrogen-bond acceptors (Lipinski definition) is 4. The van der Waals surface area contributed by atoms with Crippen LogP contribution in [-0.2, 0) is 11.3 Å². The maximum Gasteiger partial charge on any atom is 0.230 e. The normalized spacial score (nSPS) is 14.9. The van der Waals surface area contributed by atoms with E-state index in [0.29, 0.717) is 13.2 Å². The molecule has 1 aromatic rings. The zero-order valence-electron chi connectivity index (χ0n) is 16.8. The van der Waals surface area contributed by atoms with Crippen LogP contribution < -0.4 is 10.5 Å². The van der Waals surface area contributed by atoms with Crippen molar-refractivity contribution in [3.8, 4) is 5.75 Å². The van der Waals surface area contributed by atoms with Crippen LogP contribution in [0, 0.1) is 5.41 Å². The van der Waals surface area contributed by atoms with Gasteiger partial charge in [-0.25, -0.2) is 0 Å². The van der Waals surface area contributed by atoms with Crippen LogP contribution in [0.1, 0.15) is 39.2 Å². The quantitative estimate of drug-likeness (QED) is 0.701. The third-order valence-electron chi connectivity index (χ3n) is 5.50. The van der Waals surface area contributed by atoms with Crippen LogP contribution in [0.2, 0.25) is 0 Å². The van der Waals surface area contributed by atoms with E-state index in [0.717, 1.165) is 51.3 Å². The predicted octanol–water partition coefficient (Wildman–Crippen LogP) is 3.34. The van der Waals surface area contributed by atoms with Crippen LogP contribution >= 0.6 is 24.8 Å². The zero-order valence-corrected chi connectivity index (χ0v) is 18.4. The summed E-state index contributed by atoms with van der Waals surface area (Å²) in [5, 5.41) is 0. The van der Waals surface area contributed by atoms with Crippen molar-refractivity contribution < 1.29 is 9.53 Å². The molecule has 0 spiro atoms. The van der Waals surface area contributed by atoms with Gasteiger partial charge in [0.2, 0.25) is 5.91 Å². The lowest BCUT2D eigenvalue weighted by Gasteiger charge is -2.40. The second-order valence-corrected chi connectivity index (χ2v) is 6.84. The molecule has 1 amide bonds. The summed E-state index contributed by atoms with van der Waals surface area (Å²) >= 11 is 0. The van der Waals surface area contributed by atoms with Crippen molar-refractivity contribution in [1.82, 2.24) is 9.80 Å². The van der Waals surface area contributed by atoms with E-state index >= 15 is 0 Å². The highest BCUT2D eigenvalue weighted by molar-refractivity contribution is 5.85. The van der Waals surface area contributed by atoms with Crippen LogP contribution in [0.5, 0.6) is 5.75 Å². The van der Waals surface area contributed by atoms with Crippen molar-refractivity contribution >= 4 is 30.7 Å². The molecule has 156 valence electrons. The summed E-state index contributed by atoms with van der Waals surface area (Å²) in [6.07, 6.45) is 1.62. The fourth-order valence-electron chi connectivity index (χ4n) is 3.49. The summed E-state index contributed by atoms with van der Waals surface area (Å²) in [6.45, 7) is 11.6. The Labute approximate surface area is 176 Å². The Balaban J connectivity index is 0.00000338. The first-order valence-electron chi connectivity index (χ1n) is 9.52. The number of hydrogen-bond donors (Lipinski definition) is 1. The summed E-state index contributed by atoms with van der Waals surface area (Å²) < 4.78 is 5.49. The summed E-state index contributed by atoms with van der Waals surface area (Å²) in [7, 11) is 0. The molecule has 1 fully saturated rings. The Morgan fingerprint density at radius 2 is 1.59 bits per heavy atom. The van der Waals surface area contributed by atoms with Crippen molar-refractivity contribution in [1.29, 1.82) is 0 Å². The minimum atomic E-state index is -0.378. The molecule has 1 aromatic carbocycles. The predicted molar refractivity (Wildman–Crippen MR) is 116 cm³/mol. The topological polar surface area (TPSA) is 58.8 Å². The van der Waals surface area contributed by atoms with Gasteiger partial charge in [0.05, 0.1) is 12.0 Å². The first-order valence-corrected chi connectivity index (χ1v) is 9.52. The van der Waals surface area contributed by atoms with Gasteiger partial charge in [-0.15, -0.1) is 24.8 Å². The van der Waals surface area contributed by atoms with Gasteiger partial charge < -0.3 is 15.4 Å². The average molecular weight is 420 g/mol. The molecule has 0 atom stereocenters. The molecule has 27 heavy (non-hydrogen) atoms. The Morgan fingerprint density at radius 1 is 1.04 bits per heavy atom. The smallest absolute Gasteiger partial charge is 0.230 e. The standard InChI is InChI=1S/C20H33N3O2.2ClH/c1-4-20(5-2,16-21)19(24)23-13-11-22(12-14-23)15-17-7-9-18(10-8-17)25-6-3;;/h7-10H,4-6,11-16,21H2,1-3H3;2*1H. The monoisotopic (exact) mass is 419 g/mol. The number of amides is 1. The second-order valence-electron chi connectivity index (χ2n) is 6.84. The number of ether oxygens (including phenoxy) is 1. The lowest BCUT2D eigenvalue weighted by Crippen LogP contribution is -2.54. The first-order chi connectivity index (χ1) is 12.1. The maximum absolute atomic E-state index is 12.9. The van der Waals surface area contributed by atoms with Gasteiger partial charge in [0.1, 0.15) is 5.75 Å². The van der Waals surface area contributed by atoms with Gasteiger partial charge in [-0.2, -0.15) is 0 Å². The second kappa shape index (κ2) is 12.4. The number of piperazine rings is 1. The molecule has 0 bridgehead atoms. The molecule has 1 aliphatic heterocycles. The Bertz CT molecular complexity index is 534. The van der Waals surface area contributed by atoms with Crippen LogP contribution in [0.4, 0.5) is 0 Å². The van der Waals surface area contributed by atoms with Gasteiger partial charge in [0.15, 0.2) is 0 Å². The van der Waals surface area contributed by atoms with Gasteiger partial charge in [-0.1, -0.05) is 26.0 Å². The third-order valence-corrected chi connectivity index (χ3v) is 5.50. The number of benzene rings is 1. The molecule has 0 saturated carbocycles. The van der Waals surface area contributed by atoms with Gasteiger partial charge in [-0.3, -0.25) is 9.69 Å². The molecule has 5 nitrogen and oxygen atoms in total. The molecule has 7 heteroatoms. The SMILES string of the molecule is CCOc1ccc(CN2CCN(C(=O)C(CC)(CC)CN)CC2)cc1.Cl.Cl. The van der Waals surface area contributed by atoms with Crippen molar-refractivity contribution in [2.75, 3.05) is 39.3 Å². The van der Waals surface area contributed by atoms with Crippen LogP contribution in [0.15, 0.2) is 24.3 Å². The van der Waals surface area contributed by atoms with E-state index < -0.39 is 0 Å². The average Bonchev–Trinajstić information content (AvgIpc) is 2.66. The van der Waals surface area contributed by atoms with E-state index in [1.807, 2.05) is 24.0 Å². The molecular weight excluding hydrogens is 385 g/mol. The molecule has 0 aliphatic carbocycles. The number of rotatable bonds is 8. The fraction of sp³-hybridized carbons (Fsp3) is 0.650. The Kier molecular flexibility index (Phi) is 12.0. The van der Waals surface area contributed by atoms with Crippen LogP contribution in [0.25, 0.3) is 0 Å². The zero-order chi connectivity index (χ0) is 18.3. The molecule has 0 radical (unpaired) electrons. The van der Waals surface area contributed by atoms with Gasteiger partial charge >= 0.3 is 0 Å². The summed E-state index contributed by atoms with van der Waals surface area (Å²) in [4.78, 5) is 17.3. The number of nitrogens with zero attached hydrogens (tertiary/aromatic N) is 2. The van der Waals surface area contributed by atoms with Crippen molar-refractivity contribution in [2.45, 2.75) is 40.2 Å². The summed E-state index contributed by atoms with van der Waals surface area (Å²) in [5.41, 5.74) is 6.83. The summed E-state index contributed by atoms with van der Waals surface area (Å²) in [6, 6.07) is 8.29. The van der Waals surface area contributed by atoms with Crippen molar-refractivity contribution in [2.24, 2.45) is 11.1 Å². The fourth-order valence-corrected chi connectivity index (χ4v) is 3.49. The Hall–Kier alpha value is -1.01. The van der Waals surface area contributed by atoms with Gasteiger partial charge in [0, 0.05) is 39.3 Å². The number of carbonyl (C=O) groups excluding carboxylic acids is 1. The van der Waals surface area contributed by atoms with Crippen molar-refractivity contribution in [3.63, 3.8) is 0 Å². The molecular formula is C20H35Cl2N3O2. The number of carbonyl (C=O) groups is 1. The third kappa shape index (κ3) is 6.53. The van der Waals surface area contributed by atoms with Crippen molar-refractivity contribution in [3.05, 3.63) is 29.8 Å². The summed E-state index contributed by atoms with van der Waals surface area (Å²) in [5.74, 6) is 1.15. The number of halogens is 2. The molecule has 2 N–H and O–H groups in total. The lowest BCUT2D eigenvalue weighted by molar-refractivity contribution is -0.144. The largest absolute Gasteiger partial charge is 0.494 e. The van der Waals surface area contributed by atoms with E-state index in [1.54, 1.807) is 0 Å². The maximum atomic E-state index is 12.9. The van der Waals surface area contributed by atoms with E-state index in [1.165, 1.54) is 5.56 Å². The first kappa shape index (κ1) is 26.0. The van der Waals surface area contributed by atoms with E-state index in [-0.39, 0.29) is 36.1 Å². The van der Waals surface area contributed by atoms with Crippen LogP contribution in [0.3, 0.4) is 0 Å². The van der Waals surface area contributed by atoms with E-state index in [2.05, 4.69) is 30.9 Å². The van der Waals surface area contributed by atoms with Crippen LogP contribution in [-0.4, -0.2) is 55.0 Å². The molecule has 1 aliphatic rings. The van der Waals surface area contributed by atoms with E-state index in [9.17, 15) is 4.79 Å². The molecule has 0 aromatic heterocycles. The Morgan fingerprint density at radius 3 is 2.04 bits per heavy atom. The highest BCUT2D eigenvalue weighted by Gasteiger charge is 2.37. The van der Waals surface area contributed by atoms with Gasteiger partial charge in [-0.05, 0) is 37.5 Å². The molecule has 2 rings (SSSR count). The molecule has 1 saturated heterocycles. The molecule has 0 unspecified atom stereocenters. The lowest BCUT2D eigenvalue weighted by atomic mass is 9.81. The highest BCUT2D eigenvalue weighted by atomic mass is 35.5. The van der Waals surface area contributed by atoms with E-state index in [4.69, 9.17) is 10.5 Å². The highest BCUT2D eigenvalue weighted by Crippen LogP contribution is 2.28. The number of nitrogens with two attached hydrogens (primary N) is 1. The minimum absolute atomic E-state index is 0. The molecule has 1 heterocycles. The van der Waals surface area contributed by atoms with Gasteiger partial charge in [0.25, 0.3) is 0 Å².